The number of hydrogen-bond donors (Lipinski definition) is 1. The van der Waals surface area contributed by atoms with E-state index >= 15 is 0 Å². The first kappa shape index (κ1) is 15.3. The van der Waals surface area contributed by atoms with Crippen molar-refractivity contribution in [1.29, 1.82) is 0 Å². The summed E-state index contributed by atoms with van der Waals surface area (Å²) in [6.45, 7) is 5.56. The summed E-state index contributed by atoms with van der Waals surface area (Å²) in [7, 11) is 1.56. The first-order valence-corrected chi connectivity index (χ1v) is 6.44. The molecule has 5 heteroatoms. The molecule has 0 fully saturated rings. The number of hydrogen-bond acceptors (Lipinski definition) is 4. The summed E-state index contributed by atoms with van der Waals surface area (Å²) in [6.07, 6.45) is 0. The zero-order chi connectivity index (χ0) is 14.3. The number of methoxy groups -OCH3 is 1. The molecule has 0 aliphatic rings. The standard InChI is InChI=1S/C14H22N2O3/c1-4-16(5-2)13(17)10-19-14-11(9-15)7-6-8-12(14)18-3/h6-8H,4-5,9-10,15H2,1-3H3. The lowest BCUT2D eigenvalue weighted by atomic mass is 10.2. The zero-order valence-corrected chi connectivity index (χ0v) is 11.8. The van der Waals surface area contributed by atoms with E-state index in [0.29, 0.717) is 31.1 Å². The molecule has 0 atom stereocenters. The van der Waals surface area contributed by atoms with Crippen LogP contribution in [0.15, 0.2) is 18.2 Å². The number of para-hydroxylation sites is 1. The molecule has 0 bridgehead atoms. The molecular formula is C14H22N2O3. The summed E-state index contributed by atoms with van der Waals surface area (Å²) < 4.78 is 10.8. The summed E-state index contributed by atoms with van der Waals surface area (Å²) in [5.41, 5.74) is 6.49. The van der Waals surface area contributed by atoms with Crippen molar-refractivity contribution in [2.24, 2.45) is 5.73 Å². The molecule has 0 aromatic heterocycles. The molecule has 1 aromatic rings. The van der Waals surface area contributed by atoms with E-state index in [4.69, 9.17) is 15.2 Å². The number of carbonyl (C=O) groups excluding carboxylic acids is 1. The average molecular weight is 266 g/mol. The van der Waals surface area contributed by atoms with Gasteiger partial charge in [0, 0.05) is 25.2 Å². The predicted octanol–water partition coefficient (Wildman–Crippen LogP) is 1.40. The third kappa shape index (κ3) is 3.86. The van der Waals surface area contributed by atoms with Crippen LogP contribution in [-0.4, -0.2) is 37.6 Å². The van der Waals surface area contributed by atoms with E-state index in [1.54, 1.807) is 18.1 Å². The molecule has 0 saturated heterocycles. The lowest BCUT2D eigenvalue weighted by Gasteiger charge is -2.20. The molecule has 1 amide bonds. The number of ether oxygens (including phenoxy) is 2. The minimum absolute atomic E-state index is 0.00491. The van der Waals surface area contributed by atoms with Crippen LogP contribution in [0.25, 0.3) is 0 Å². The van der Waals surface area contributed by atoms with E-state index in [0.717, 1.165) is 5.56 Å². The number of carbonyl (C=O) groups is 1. The van der Waals surface area contributed by atoms with Gasteiger partial charge in [-0.25, -0.2) is 0 Å². The Morgan fingerprint density at radius 3 is 2.53 bits per heavy atom. The topological polar surface area (TPSA) is 64.8 Å². The molecule has 19 heavy (non-hydrogen) atoms. The number of likely N-dealkylation sites (N-methyl/N-ethyl adjacent to an activating group) is 1. The van der Waals surface area contributed by atoms with Gasteiger partial charge >= 0.3 is 0 Å². The van der Waals surface area contributed by atoms with Crippen molar-refractivity contribution in [2.75, 3.05) is 26.8 Å². The second-order valence-electron chi connectivity index (χ2n) is 4.01. The summed E-state index contributed by atoms with van der Waals surface area (Å²) in [4.78, 5) is 13.6. The SMILES string of the molecule is CCN(CC)C(=O)COc1c(CN)cccc1OC. The third-order valence-electron chi connectivity index (χ3n) is 2.96. The second-order valence-corrected chi connectivity index (χ2v) is 4.01. The van der Waals surface area contributed by atoms with Gasteiger partial charge in [0.1, 0.15) is 0 Å². The molecule has 106 valence electrons. The van der Waals surface area contributed by atoms with Crippen LogP contribution < -0.4 is 15.2 Å². The Balaban J connectivity index is 2.79. The molecule has 0 radical (unpaired) electrons. The van der Waals surface area contributed by atoms with Crippen molar-refractivity contribution in [3.63, 3.8) is 0 Å². The monoisotopic (exact) mass is 266 g/mol. The molecule has 5 nitrogen and oxygen atoms in total. The van der Waals surface area contributed by atoms with Crippen molar-refractivity contribution in [2.45, 2.75) is 20.4 Å². The summed E-state index contributed by atoms with van der Waals surface area (Å²) in [6, 6.07) is 5.50. The molecule has 2 N–H and O–H groups in total. The second kappa shape index (κ2) is 7.63. The Hall–Kier alpha value is -1.75. The van der Waals surface area contributed by atoms with E-state index in [1.165, 1.54) is 0 Å². The van der Waals surface area contributed by atoms with Gasteiger partial charge in [-0.2, -0.15) is 0 Å². The highest BCUT2D eigenvalue weighted by Gasteiger charge is 2.14. The van der Waals surface area contributed by atoms with Crippen molar-refractivity contribution in [3.8, 4) is 11.5 Å². The largest absolute Gasteiger partial charge is 0.493 e. The van der Waals surface area contributed by atoms with Gasteiger partial charge in [0.25, 0.3) is 5.91 Å². The average Bonchev–Trinajstić information content (AvgIpc) is 2.45. The van der Waals surface area contributed by atoms with Crippen LogP contribution in [0.5, 0.6) is 11.5 Å². The molecule has 1 rings (SSSR count). The number of amides is 1. The molecule has 0 unspecified atom stereocenters. The first-order chi connectivity index (χ1) is 9.17. The summed E-state index contributed by atoms with van der Waals surface area (Å²) >= 11 is 0. The van der Waals surface area contributed by atoms with Crippen LogP contribution in [0, 0.1) is 0 Å². The Labute approximate surface area is 114 Å². The zero-order valence-electron chi connectivity index (χ0n) is 11.8. The van der Waals surface area contributed by atoms with Crippen molar-refractivity contribution in [3.05, 3.63) is 23.8 Å². The van der Waals surface area contributed by atoms with Crippen LogP contribution >= 0.6 is 0 Å². The van der Waals surface area contributed by atoms with Gasteiger partial charge in [-0.05, 0) is 19.9 Å². The molecule has 1 aromatic carbocycles. The number of nitrogens with zero attached hydrogens (tertiary/aromatic N) is 1. The van der Waals surface area contributed by atoms with Gasteiger partial charge in [-0.1, -0.05) is 12.1 Å². The summed E-state index contributed by atoms with van der Waals surface area (Å²) in [5, 5.41) is 0. The predicted molar refractivity (Wildman–Crippen MR) is 74.3 cm³/mol. The van der Waals surface area contributed by atoms with Gasteiger partial charge in [0.15, 0.2) is 18.1 Å². The normalized spacial score (nSPS) is 10.1. The summed E-state index contributed by atoms with van der Waals surface area (Å²) in [5.74, 6) is 1.10. The van der Waals surface area contributed by atoms with E-state index in [-0.39, 0.29) is 12.5 Å². The number of nitrogens with two attached hydrogens (primary N) is 1. The highest BCUT2D eigenvalue weighted by molar-refractivity contribution is 5.77. The quantitative estimate of drug-likeness (QED) is 0.810. The minimum Gasteiger partial charge on any atom is -0.493 e. The highest BCUT2D eigenvalue weighted by Crippen LogP contribution is 2.30. The van der Waals surface area contributed by atoms with Crippen molar-refractivity contribution >= 4 is 5.91 Å². The van der Waals surface area contributed by atoms with Crippen LogP contribution in [0.1, 0.15) is 19.4 Å². The van der Waals surface area contributed by atoms with E-state index in [9.17, 15) is 4.79 Å². The number of benzene rings is 1. The van der Waals surface area contributed by atoms with Gasteiger partial charge < -0.3 is 20.1 Å². The minimum atomic E-state index is -0.0427. The molecule has 0 aliphatic carbocycles. The maximum atomic E-state index is 11.9. The Kier molecular flexibility index (Phi) is 6.15. The molecular weight excluding hydrogens is 244 g/mol. The van der Waals surface area contributed by atoms with E-state index in [2.05, 4.69) is 0 Å². The van der Waals surface area contributed by atoms with Gasteiger partial charge in [0.05, 0.1) is 7.11 Å². The lowest BCUT2D eigenvalue weighted by Crippen LogP contribution is -2.34. The fourth-order valence-corrected chi connectivity index (χ4v) is 1.85. The van der Waals surface area contributed by atoms with Crippen LogP contribution in [0.4, 0.5) is 0 Å². The highest BCUT2D eigenvalue weighted by atomic mass is 16.5. The maximum Gasteiger partial charge on any atom is 0.260 e. The molecule has 0 heterocycles. The van der Waals surface area contributed by atoms with E-state index < -0.39 is 0 Å². The Morgan fingerprint density at radius 2 is 2.00 bits per heavy atom. The van der Waals surface area contributed by atoms with Crippen molar-refractivity contribution < 1.29 is 14.3 Å². The Bertz CT molecular complexity index is 395. The molecule has 0 saturated carbocycles. The smallest absolute Gasteiger partial charge is 0.260 e. The van der Waals surface area contributed by atoms with Crippen LogP contribution in [-0.2, 0) is 11.3 Å². The van der Waals surface area contributed by atoms with Crippen LogP contribution in [0.3, 0.4) is 0 Å². The first-order valence-electron chi connectivity index (χ1n) is 6.44. The lowest BCUT2D eigenvalue weighted by molar-refractivity contribution is -0.133. The Morgan fingerprint density at radius 1 is 1.32 bits per heavy atom. The maximum absolute atomic E-state index is 11.9. The van der Waals surface area contributed by atoms with Gasteiger partial charge in [-0.3, -0.25) is 4.79 Å². The van der Waals surface area contributed by atoms with Gasteiger partial charge in [0.2, 0.25) is 0 Å². The van der Waals surface area contributed by atoms with Crippen molar-refractivity contribution in [1.82, 2.24) is 4.90 Å². The van der Waals surface area contributed by atoms with E-state index in [1.807, 2.05) is 26.0 Å². The fraction of sp³-hybridized carbons (Fsp3) is 0.500. The fourth-order valence-electron chi connectivity index (χ4n) is 1.85. The molecule has 0 spiro atoms. The van der Waals surface area contributed by atoms with Gasteiger partial charge in [-0.15, -0.1) is 0 Å². The third-order valence-corrected chi connectivity index (χ3v) is 2.96. The molecule has 0 aliphatic heterocycles. The van der Waals surface area contributed by atoms with Crippen LogP contribution in [0.2, 0.25) is 0 Å². The number of rotatable bonds is 7.